The molecule has 1 unspecified atom stereocenters. The number of hydrogen-bond donors (Lipinski definition) is 2. The second-order valence-corrected chi connectivity index (χ2v) is 7.61. The van der Waals surface area contributed by atoms with Gasteiger partial charge in [-0.2, -0.15) is 0 Å². The molecule has 20 heavy (non-hydrogen) atoms. The van der Waals surface area contributed by atoms with Crippen molar-refractivity contribution < 1.29 is 23.1 Å². The van der Waals surface area contributed by atoms with Gasteiger partial charge in [0, 0.05) is 10.2 Å². The maximum Gasteiger partial charge on any atom is 0.304 e. The van der Waals surface area contributed by atoms with Crippen molar-refractivity contribution in [1.82, 2.24) is 0 Å². The van der Waals surface area contributed by atoms with Crippen LogP contribution in [0.5, 0.6) is 0 Å². The third kappa shape index (κ3) is 5.30. The molecule has 0 aliphatic rings. The standard InChI is InChI=1S/C12H14BrNO5S/c1-8(5-12(16)17)20(18,19)7-11(15)14-10-4-2-3-9(13)6-10/h2-4,6,8H,5,7H2,1H3,(H,14,15)(H,16,17). The number of anilines is 1. The number of hydrogen-bond acceptors (Lipinski definition) is 4. The molecule has 0 fully saturated rings. The number of sulfone groups is 1. The Morgan fingerprint density at radius 2 is 2.05 bits per heavy atom. The quantitative estimate of drug-likeness (QED) is 0.800. The molecule has 0 aliphatic heterocycles. The molecular formula is C12H14BrNO5S. The highest BCUT2D eigenvalue weighted by Crippen LogP contribution is 2.16. The van der Waals surface area contributed by atoms with Crippen LogP contribution < -0.4 is 5.32 Å². The summed E-state index contributed by atoms with van der Waals surface area (Å²) in [5.74, 6) is -2.65. The molecule has 0 radical (unpaired) electrons. The molecular weight excluding hydrogens is 350 g/mol. The zero-order valence-electron chi connectivity index (χ0n) is 10.7. The number of nitrogens with one attached hydrogen (secondary N) is 1. The van der Waals surface area contributed by atoms with Gasteiger partial charge in [0.25, 0.3) is 0 Å². The lowest BCUT2D eigenvalue weighted by molar-refractivity contribution is -0.137. The van der Waals surface area contributed by atoms with E-state index in [2.05, 4.69) is 21.2 Å². The van der Waals surface area contributed by atoms with Crippen LogP contribution in [0, 0.1) is 0 Å². The van der Waals surface area contributed by atoms with Gasteiger partial charge in [-0.3, -0.25) is 9.59 Å². The number of halogens is 1. The maximum absolute atomic E-state index is 11.8. The van der Waals surface area contributed by atoms with Crippen molar-refractivity contribution >= 4 is 43.3 Å². The zero-order valence-corrected chi connectivity index (χ0v) is 13.1. The van der Waals surface area contributed by atoms with Crippen LogP contribution in [0.15, 0.2) is 28.7 Å². The van der Waals surface area contributed by atoms with E-state index in [4.69, 9.17) is 5.11 Å². The fraction of sp³-hybridized carbons (Fsp3) is 0.333. The summed E-state index contributed by atoms with van der Waals surface area (Å²) in [6.07, 6.45) is -0.521. The Bertz CT molecular complexity index is 614. The van der Waals surface area contributed by atoms with Crippen LogP contribution >= 0.6 is 15.9 Å². The molecule has 6 nitrogen and oxygen atoms in total. The third-order valence-corrected chi connectivity index (χ3v) is 5.07. The van der Waals surface area contributed by atoms with Gasteiger partial charge < -0.3 is 10.4 Å². The minimum absolute atomic E-state index is 0.463. The molecule has 1 amide bonds. The van der Waals surface area contributed by atoms with Crippen molar-refractivity contribution in [2.45, 2.75) is 18.6 Å². The van der Waals surface area contributed by atoms with E-state index < -0.39 is 39.1 Å². The number of carboxylic acid groups (broad SMARTS) is 1. The SMILES string of the molecule is CC(CC(=O)O)S(=O)(=O)CC(=O)Nc1cccc(Br)c1. The van der Waals surface area contributed by atoms with Gasteiger partial charge in [-0.1, -0.05) is 22.0 Å². The molecule has 0 spiro atoms. The molecule has 0 aromatic heterocycles. The molecule has 1 aromatic rings. The first-order valence-electron chi connectivity index (χ1n) is 5.69. The highest BCUT2D eigenvalue weighted by molar-refractivity contribution is 9.10. The minimum Gasteiger partial charge on any atom is -0.481 e. The van der Waals surface area contributed by atoms with Crippen LogP contribution in [0.3, 0.4) is 0 Å². The second-order valence-electron chi connectivity index (χ2n) is 4.27. The second kappa shape index (κ2) is 6.85. The van der Waals surface area contributed by atoms with Crippen molar-refractivity contribution in [2.24, 2.45) is 0 Å². The monoisotopic (exact) mass is 363 g/mol. The Labute approximate surface area is 125 Å². The molecule has 1 aromatic carbocycles. The number of carbonyl (C=O) groups is 2. The van der Waals surface area contributed by atoms with Crippen molar-refractivity contribution in [3.05, 3.63) is 28.7 Å². The summed E-state index contributed by atoms with van der Waals surface area (Å²) >= 11 is 3.23. The number of amides is 1. The Balaban J connectivity index is 2.68. The predicted octanol–water partition coefficient (Wildman–Crippen LogP) is 1.67. The number of benzene rings is 1. The van der Waals surface area contributed by atoms with Gasteiger partial charge in [-0.25, -0.2) is 8.42 Å². The van der Waals surface area contributed by atoms with Gasteiger partial charge >= 0.3 is 5.97 Å². The van der Waals surface area contributed by atoms with Crippen LogP contribution in [0.2, 0.25) is 0 Å². The highest BCUT2D eigenvalue weighted by atomic mass is 79.9. The lowest BCUT2D eigenvalue weighted by Gasteiger charge is -2.11. The zero-order chi connectivity index (χ0) is 15.3. The van der Waals surface area contributed by atoms with Gasteiger partial charge in [0.1, 0.15) is 5.75 Å². The van der Waals surface area contributed by atoms with Crippen LogP contribution in [-0.2, 0) is 19.4 Å². The van der Waals surface area contributed by atoms with E-state index in [0.29, 0.717) is 5.69 Å². The topological polar surface area (TPSA) is 101 Å². The molecule has 2 N–H and O–H groups in total. The van der Waals surface area contributed by atoms with Gasteiger partial charge in [-0.05, 0) is 25.1 Å². The van der Waals surface area contributed by atoms with Crippen molar-refractivity contribution in [3.8, 4) is 0 Å². The van der Waals surface area contributed by atoms with Gasteiger partial charge in [0.15, 0.2) is 9.84 Å². The first-order valence-corrected chi connectivity index (χ1v) is 8.20. The molecule has 0 saturated carbocycles. The normalized spacial score (nSPS) is 12.7. The molecule has 0 aliphatic carbocycles. The maximum atomic E-state index is 11.8. The van der Waals surface area contributed by atoms with E-state index in [0.717, 1.165) is 4.47 Å². The van der Waals surface area contributed by atoms with Gasteiger partial charge in [0.05, 0.1) is 11.7 Å². The molecule has 1 rings (SSSR count). The van der Waals surface area contributed by atoms with Crippen LogP contribution in [-0.4, -0.2) is 36.4 Å². The van der Waals surface area contributed by atoms with Crippen LogP contribution in [0.1, 0.15) is 13.3 Å². The minimum atomic E-state index is -3.79. The predicted molar refractivity (Wildman–Crippen MR) is 78.3 cm³/mol. The average molecular weight is 364 g/mol. The van der Waals surface area contributed by atoms with Crippen LogP contribution in [0.4, 0.5) is 5.69 Å². The first kappa shape index (κ1) is 16.6. The van der Waals surface area contributed by atoms with Crippen LogP contribution in [0.25, 0.3) is 0 Å². The fourth-order valence-electron chi connectivity index (χ4n) is 1.46. The average Bonchev–Trinajstić information content (AvgIpc) is 2.26. The molecule has 0 heterocycles. The Hall–Kier alpha value is -1.41. The number of rotatable bonds is 6. The van der Waals surface area contributed by atoms with Crippen molar-refractivity contribution in [1.29, 1.82) is 0 Å². The molecule has 110 valence electrons. The summed E-state index contributed by atoms with van der Waals surface area (Å²) in [6, 6.07) is 6.71. The summed E-state index contributed by atoms with van der Waals surface area (Å²) in [7, 11) is -3.79. The fourth-order valence-corrected chi connectivity index (χ4v) is 2.98. The highest BCUT2D eigenvalue weighted by Gasteiger charge is 2.26. The lowest BCUT2D eigenvalue weighted by Crippen LogP contribution is -2.30. The Morgan fingerprint density at radius 1 is 1.40 bits per heavy atom. The largest absolute Gasteiger partial charge is 0.481 e. The van der Waals surface area contributed by atoms with Crippen molar-refractivity contribution in [2.75, 3.05) is 11.1 Å². The number of carbonyl (C=O) groups excluding carboxylic acids is 1. The Morgan fingerprint density at radius 3 is 2.60 bits per heavy atom. The third-order valence-electron chi connectivity index (χ3n) is 2.52. The Kier molecular flexibility index (Phi) is 5.70. The van der Waals surface area contributed by atoms with E-state index in [1.165, 1.54) is 6.92 Å². The molecule has 1 atom stereocenters. The number of aliphatic carboxylic acids is 1. The van der Waals surface area contributed by atoms with E-state index in [1.807, 2.05) is 0 Å². The van der Waals surface area contributed by atoms with E-state index in [1.54, 1.807) is 24.3 Å². The van der Waals surface area contributed by atoms with Gasteiger partial charge in [-0.15, -0.1) is 0 Å². The van der Waals surface area contributed by atoms with Crippen molar-refractivity contribution in [3.63, 3.8) is 0 Å². The van der Waals surface area contributed by atoms with E-state index in [-0.39, 0.29) is 0 Å². The summed E-state index contributed by atoms with van der Waals surface area (Å²) in [5, 5.41) is 9.92. The summed E-state index contributed by atoms with van der Waals surface area (Å²) in [6.45, 7) is 1.27. The lowest BCUT2D eigenvalue weighted by atomic mass is 10.3. The van der Waals surface area contributed by atoms with E-state index in [9.17, 15) is 18.0 Å². The molecule has 8 heteroatoms. The molecule has 0 saturated heterocycles. The summed E-state index contributed by atoms with van der Waals surface area (Å²) in [4.78, 5) is 22.2. The first-order chi connectivity index (χ1) is 9.20. The summed E-state index contributed by atoms with van der Waals surface area (Å²) in [5.41, 5.74) is 0.463. The van der Waals surface area contributed by atoms with E-state index >= 15 is 0 Å². The summed E-state index contributed by atoms with van der Waals surface area (Å²) < 4.78 is 24.3. The smallest absolute Gasteiger partial charge is 0.304 e. The van der Waals surface area contributed by atoms with Gasteiger partial charge in [0.2, 0.25) is 5.91 Å². The molecule has 0 bridgehead atoms. The number of carboxylic acids is 1.